The highest BCUT2D eigenvalue weighted by Crippen LogP contribution is 2.39. The molecule has 124 valence electrons. The fourth-order valence-electron chi connectivity index (χ4n) is 2.87. The van der Waals surface area contributed by atoms with Gasteiger partial charge in [-0.25, -0.2) is 4.98 Å². The Morgan fingerprint density at radius 2 is 2.04 bits per heavy atom. The van der Waals surface area contributed by atoms with Crippen LogP contribution in [0.3, 0.4) is 0 Å². The molecule has 0 bridgehead atoms. The Balaban J connectivity index is 1.77. The van der Waals surface area contributed by atoms with Gasteiger partial charge in [-0.2, -0.15) is 0 Å². The molecule has 2 aromatic rings. The van der Waals surface area contributed by atoms with Crippen LogP contribution in [0.15, 0.2) is 23.6 Å². The molecule has 1 saturated heterocycles. The van der Waals surface area contributed by atoms with Crippen LogP contribution >= 0.6 is 11.3 Å². The van der Waals surface area contributed by atoms with Crippen molar-refractivity contribution in [3.63, 3.8) is 0 Å². The van der Waals surface area contributed by atoms with Gasteiger partial charge in [0, 0.05) is 25.0 Å². The van der Waals surface area contributed by atoms with E-state index in [0.717, 1.165) is 54.5 Å². The second-order valence-corrected chi connectivity index (χ2v) is 6.55. The second-order valence-electron chi connectivity index (χ2n) is 5.69. The summed E-state index contributed by atoms with van der Waals surface area (Å²) in [5, 5.41) is 12.6. The van der Waals surface area contributed by atoms with Crippen molar-refractivity contribution in [3.05, 3.63) is 29.3 Å². The Bertz CT molecular complexity index is 651. The summed E-state index contributed by atoms with van der Waals surface area (Å²) in [6.07, 6.45) is 1.56. The molecule has 23 heavy (non-hydrogen) atoms. The Kier molecular flexibility index (Phi) is 5.15. The van der Waals surface area contributed by atoms with E-state index in [9.17, 15) is 5.11 Å². The molecule has 2 heterocycles. The Morgan fingerprint density at radius 1 is 1.26 bits per heavy atom. The maximum absolute atomic E-state index is 9.59. The number of aromatic nitrogens is 1. The lowest BCUT2D eigenvalue weighted by molar-refractivity contribution is 0.0787. The molecule has 1 aromatic heterocycles. The van der Waals surface area contributed by atoms with E-state index >= 15 is 0 Å². The molecule has 1 fully saturated rings. The largest absolute Gasteiger partial charge is 0.493 e. The SMILES string of the molecule is COc1cccc(-c2nc(CN3CCC(O)CC3)cs2)c1OC. The van der Waals surface area contributed by atoms with E-state index in [1.165, 1.54) is 0 Å². The number of benzene rings is 1. The highest BCUT2D eigenvalue weighted by atomic mass is 32.1. The van der Waals surface area contributed by atoms with Gasteiger partial charge in [-0.05, 0) is 25.0 Å². The lowest BCUT2D eigenvalue weighted by Crippen LogP contribution is -2.35. The van der Waals surface area contributed by atoms with Crippen molar-refractivity contribution in [2.45, 2.75) is 25.5 Å². The zero-order valence-corrected chi connectivity index (χ0v) is 14.3. The maximum atomic E-state index is 9.59. The number of hydrogen-bond donors (Lipinski definition) is 1. The number of methoxy groups -OCH3 is 2. The summed E-state index contributed by atoms with van der Waals surface area (Å²) >= 11 is 1.62. The van der Waals surface area contributed by atoms with Crippen LogP contribution in [0.2, 0.25) is 0 Å². The summed E-state index contributed by atoms with van der Waals surface area (Å²) in [5.74, 6) is 1.43. The number of nitrogens with zero attached hydrogens (tertiary/aromatic N) is 2. The number of aliphatic hydroxyl groups excluding tert-OH is 1. The van der Waals surface area contributed by atoms with E-state index in [2.05, 4.69) is 10.3 Å². The molecule has 1 aliphatic heterocycles. The standard InChI is InChI=1S/C17H22N2O3S/c1-21-15-5-3-4-14(16(15)22-2)17-18-12(11-23-17)10-19-8-6-13(20)7-9-19/h3-5,11,13,20H,6-10H2,1-2H3. The average Bonchev–Trinajstić information content (AvgIpc) is 3.04. The number of aliphatic hydroxyl groups is 1. The third-order valence-electron chi connectivity index (χ3n) is 4.13. The van der Waals surface area contributed by atoms with Crippen molar-refractivity contribution in [2.24, 2.45) is 0 Å². The first kappa shape index (κ1) is 16.2. The smallest absolute Gasteiger partial charge is 0.170 e. The first-order valence-electron chi connectivity index (χ1n) is 7.77. The molecule has 1 aromatic carbocycles. The molecule has 6 heteroatoms. The van der Waals surface area contributed by atoms with Gasteiger partial charge in [0.15, 0.2) is 11.5 Å². The third-order valence-corrected chi connectivity index (χ3v) is 5.05. The molecule has 0 radical (unpaired) electrons. The van der Waals surface area contributed by atoms with Crippen LogP contribution in [-0.2, 0) is 6.54 Å². The molecule has 3 rings (SSSR count). The van der Waals surface area contributed by atoms with E-state index in [4.69, 9.17) is 14.5 Å². The van der Waals surface area contributed by atoms with Crippen LogP contribution in [0.4, 0.5) is 0 Å². The first-order valence-corrected chi connectivity index (χ1v) is 8.65. The quantitative estimate of drug-likeness (QED) is 0.911. The monoisotopic (exact) mass is 334 g/mol. The lowest BCUT2D eigenvalue weighted by Gasteiger charge is -2.28. The number of ether oxygens (including phenoxy) is 2. The van der Waals surface area contributed by atoms with Crippen LogP contribution in [0.25, 0.3) is 10.6 Å². The highest BCUT2D eigenvalue weighted by molar-refractivity contribution is 7.13. The molecule has 0 unspecified atom stereocenters. The van der Waals surface area contributed by atoms with E-state index < -0.39 is 0 Å². The topological polar surface area (TPSA) is 54.8 Å². The van der Waals surface area contributed by atoms with Crippen LogP contribution in [0, 0.1) is 0 Å². The third kappa shape index (κ3) is 3.65. The summed E-state index contributed by atoms with van der Waals surface area (Å²) in [5.41, 5.74) is 2.02. The van der Waals surface area contributed by atoms with Gasteiger partial charge in [-0.1, -0.05) is 6.07 Å². The van der Waals surface area contributed by atoms with Crippen LogP contribution in [0.5, 0.6) is 11.5 Å². The molecule has 0 saturated carbocycles. The normalized spacial score (nSPS) is 16.5. The number of rotatable bonds is 5. The summed E-state index contributed by atoms with van der Waals surface area (Å²) in [6.45, 7) is 2.68. The van der Waals surface area contributed by atoms with E-state index in [0.29, 0.717) is 5.75 Å². The number of piperidine rings is 1. The molecular weight excluding hydrogens is 312 g/mol. The van der Waals surface area contributed by atoms with Gasteiger partial charge in [-0.3, -0.25) is 4.90 Å². The molecular formula is C17H22N2O3S. The van der Waals surface area contributed by atoms with Gasteiger partial charge in [0.05, 0.1) is 31.6 Å². The van der Waals surface area contributed by atoms with Gasteiger partial charge in [0.25, 0.3) is 0 Å². The predicted molar refractivity (Wildman–Crippen MR) is 91.2 cm³/mol. The fourth-order valence-corrected chi connectivity index (χ4v) is 3.70. The summed E-state index contributed by atoms with van der Waals surface area (Å²) in [4.78, 5) is 7.10. The number of likely N-dealkylation sites (tertiary alicyclic amines) is 1. The van der Waals surface area contributed by atoms with Gasteiger partial charge >= 0.3 is 0 Å². The Hall–Kier alpha value is -1.63. The first-order chi connectivity index (χ1) is 11.2. The lowest BCUT2D eigenvalue weighted by atomic mass is 10.1. The van der Waals surface area contributed by atoms with Crippen molar-refractivity contribution in [2.75, 3.05) is 27.3 Å². The van der Waals surface area contributed by atoms with Gasteiger partial charge in [0.1, 0.15) is 5.01 Å². The molecule has 0 amide bonds. The second kappa shape index (κ2) is 7.29. The van der Waals surface area contributed by atoms with Gasteiger partial charge in [-0.15, -0.1) is 11.3 Å². The molecule has 1 N–H and O–H groups in total. The number of thiazole rings is 1. The van der Waals surface area contributed by atoms with Gasteiger partial charge < -0.3 is 14.6 Å². The number of hydrogen-bond acceptors (Lipinski definition) is 6. The zero-order valence-electron chi connectivity index (χ0n) is 13.5. The Labute approximate surface area is 140 Å². The number of para-hydroxylation sites is 1. The van der Waals surface area contributed by atoms with E-state index in [1.807, 2.05) is 18.2 Å². The zero-order chi connectivity index (χ0) is 16.2. The minimum absolute atomic E-state index is 0.140. The molecule has 5 nitrogen and oxygen atoms in total. The minimum atomic E-state index is -0.140. The van der Waals surface area contributed by atoms with Crippen molar-refractivity contribution in [1.29, 1.82) is 0 Å². The van der Waals surface area contributed by atoms with E-state index in [1.54, 1.807) is 25.6 Å². The molecule has 0 atom stereocenters. The molecule has 1 aliphatic rings. The molecule has 0 aliphatic carbocycles. The fraction of sp³-hybridized carbons (Fsp3) is 0.471. The summed E-state index contributed by atoms with van der Waals surface area (Å²) in [7, 11) is 3.29. The van der Waals surface area contributed by atoms with E-state index in [-0.39, 0.29) is 6.10 Å². The van der Waals surface area contributed by atoms with Crippen LogP contribution < -0.4 is 9.47 Å². The van der Waals surface area contributed by atoms with Crippen molar-refractivity contribution >= 4 is 11.3 Å². The summed E-state index contributed by atoms with van der Waals surface area (Å²) < 4.78 is 10.9. The molecule has 0 spiro atoms. The minimum Gasteiger partial charge on any atom is -0.493 e. The van der Waals surface area contributed by atoms with Gasteiger partial charge in [0.2, 0.25) is 0 Å². The average molecular weight is 334 g/mol. The Morgan fingerprint density at radius 3 is 2.74 bits per heavy atom. The van der Waals surface area contributed by atoms with Crippen LogP contribution in [0.1, 0.15) is 18.5 Å². The van der Waals surface area contributed by atoms with Crippen molar-refractivity contribution in [1.82, 2.24) is 9.88 Å². The van der Waals surface area contributed by atoms with Crippen molar-refractivity contribution in [3.8, 4) is 22.1 Å². The predicted octanol–water partition coefficient (Wildman–Crippen LogP) is 2.78. The maximum Gasteiger partial charge on any atom is 0.170 e. The van der Waals surface area contributed by atoms with Crippen LogP contribution in [-0.4, -0.2) is 48.4 Å². The summed E-state index contributed by atoms with van der Waals surface area (Å²) in [6, 6.07) is 5.83. The van der Waals surface area contributed by atoms with Crippen molar-refractivity contribution < 1.29 is 14.6 Å². The highest BCUT2D eigenvalue weighted by Gasteiger charge is 2.19.